The van der Waals surface area contributed by atoms with Crippen molar-refractivity contribution in [1.82, 2.24) is 0 Å². The maximum absolute atomic E-state index is 6.63. The normalized spacial score (nSPS) is 34.2. The van der Waals surface area contributed by atoms with E-state index in [0.29, 0.717) is 5.41 Å². The summed E-state index contributed by atoms with van der Waals surface area (Å²) in [5.41, 5.74) is 7.01. The Morgan fingerprint density at radius 3 is 2.05 bits per heavy atom. The van der Waals surface area contributed by atoms with Crippen LogP contribution in [0.1, 0.15) is 77.6 Å². The fourth-order valence-electron chi connectivity index (χ4n) is 3.40. The first kappa shape index (κ1) is 16.5. The minimum atomic E-state index is -0.0193. The van der Waals surface area contributed by atoms with Crippen molar-refractivity contribution < 1.29 is 0 Å². The Morgan fingerprint density at radius 2 is 1.42 bits per heavy atom. The molecule has 110 valence electrons. The lowest BCUT2D eigenvalue weighted by atomic mass is 9.74. The first-order valence-electron chi connectivity index (χ1n) is 8.04. The fourth-order valence-corrected chi connectivity index (χ4v) is 3.40. The second-order valence-corrected chi connectivity index (χ2v) is 6.93. The summed E-state index contributed by atoms with van der Waals surface area (Å²) in [4.78, 5) is 0. The monoisotopic (exact) mass is 263 g/mol. The fraction of sp³-hybridized carbons (Fsp3) is 0.778. The van der Waals surface area contributed by atoms with Crippen LogP contribution in [0.3, 0.4) is 0 Å². The zero-order chi connectivity index (χ0) is 14.2. The number of hydrogen-bond donors (Lipinski definition) is 1. The lowest BCUT2D eigenvalue weighted by Gasteiger charge is -2.35. The molecule has 1 unspecified atom stereocenters. The molecule has 0 amide bonds. The van der Waals surface area contributed by atoms with Crippen molar-refractivity contribution in [2.24, 2.45) is 11.1 Å². The van der Waals surface area contributed by atoms with Gasteiger partial charge >= 0.3 is 0 Å². The highest BCUT2D eigenvalue weighted by molar-refractivity contribution is 4.94. The molecule has 1 saturated carbocycles. The quantitative estimate of drug-likeness (QED) is 0.678. The number of hydrogen-bond acceptors (Lipinski definition) is 1. The van der Waals surface area contributed by atoms with Gasteiger partial charge in [0, 0.05) is 5.54 Å². The highest BCUT2D eigenvalue weighted by Gasteiger charge is 2.29. The number of allylic oxidation sites excluding steroid dienone is 1. The summed E-state index contributed by atoms with van der Waals surface area (Å²) in [6.07, 6.45) is 17.7. The molecule has 2 N–H and O–H groups in total. The molecule has 1 rings (SSSR count). The average molecular weight is 263 g/mol. The Morgan fingerprint density at radius 1 is 0.842 bits per heavy atom. The molecule has 0 spiro atoms. The molecule has 0 aromatic rings. The smallest absolute Gasteiger partial charge is 0.0189 e. The highest BCUT2D eigenvalue weighted by atomic mass is 14.7. The van der Waals surface area contributed by atoms with Crippen LogP contribution in [0.2, 0.25) is 0 Å². The largest absolute Gasteiger partial charge is 0.325 e. The van der Waals surface area contributed by atoms with Crippen molar-refractivity contribution >= 4 is 0 Å². The van der Waals surface area contributed by atoms with E-state index in [9.17, 15) is 0 Å². The molecule has 1 aliphatic rings. The van der Waals surface area contributed by atoms with Gasteiger partial charge in [-0.25, -0.2) is 0 Å². The summed E-state index contributed by atoms with van der Waals surface area (Å²) in [6.45, 7) is 10.2. The maximum Gasteiger partial charge on any atom is 0.0189 e. The van der Waals surface area contributed by atoms with E-state index >= 15 is 0 Å². The molecular weight excluding hydrogens is 230 g/mol. The van der Waals surface area contributed by atoms with Crippen LogP contribution < -0.4 is 5.73 Å². The van der Waals surface area contributed by atoms with Crippen molar-refractivity contribution in [2.75, 3.05) is 0 Å². The van der Waals surface area contributed by atoms with Crippen LogP contribution in [0.4, 0.5) is 0 Å². The third-order valence-corrected chi connectivity index (χ3v) is 4.87. The van der Waals surface area contributed by atoms with Crippen LogP contribution in [0.15, 0.2) is 25.3 Å². The molecule has 19 heavy (non-hydrogen) atoms. The van der Waals surface area contributed by atoms with Gasteiger partial charge in [0.2, 0.25) is 0 Å². The molecule has 1 nitrogen and oxygen atoms in total. The first-order chi connectivity index (χ1) is 9.04. The van der Waals surface area contributed by atoms with E-state index in [-0.39, 0.29) is 5.54 Å². The molecule has 1 aliphatic carbocycles. The summed E-state index contributed by atoms with van der Waals surface area (Å²) in [5.74, 6) is 0. The summed E-state index contributed by atoms with van der Waals surface area (Å²) in [5, 5.41) is 0. The molecule has 0 aromatic carbocycles. The van der Waals surface area contributed by atoms with Gasteiger partial charge in [0.05, 0.1) is 0 Å². The molecule has 1 fully saturated rings. The highest BCUT2D eigenvalue weighted by Crippen LogP contribution is 2.38. The minimum absolute atomic E-state index is 0.0193. The van der Waals surface area contributed by atoms with Gasteiger partial charge in [-0.15, -0.1) is 13.2 Å². The van der Waals surface area contributed by atoms with Gasteiger partial charge in [-0.05, 0) is 43.9 Å². The van der Waals surface area contributed by atoms with Gasteiger partial charge in [0.25, 0.3) is 0 Å². The van der Waals surface area contributed by atoms with Crippen LogP contribution in [0.5, 0.6) is 0 Å². The molecular formula is C18H33N. The SMILES string of the molecule is C=CCC1(N)CCCCCCC[C@](C)(CC=C)CC1. The average Bonchev–Trinajstić information content (AvgIpc) is 2.38. The van der Waals surface area contributed by atoms with Crippen molar-refractivity contribution in [3.63, 3.8) is 0 Å². The summed E-state index contributed by atoms with van der Waals surface area (Å²) in [7, 11) is 0. The Hall–Kier alpha value is -0.560. The molecule has 0 bridgehead atoms. The van der Waals surface area contributed by atoms with Crippen LogP contribution in [-0.2, 0) is 0 Å². The molecule has 0 radical (unpaired) electrons. The van der Waals surface area contributed by atoms with Crippen LogP contribution in [0.25, 0.3) is 0 Å². The van der Waals surface area contributed by atoms with E-state index in [1.165, 1.54) is 44.9 Å². The third-order valence-electron chi connectivity index (χ3n) is 4.87. The Kier molecular flexibility index (Phi) is 6.85. The van der Waals surface area contributed by atoms with Gasteiger partial charge in [-0.2, -0.15) is 0 Å². The molecule has 0 saturated heterocycles. The standard InChI is InChI=1S/C18H33N/c1-4-11-17(3)13-9-7-6-8-10-14-18(19,12-5-2)16-15-17/h4-5H,1-2,6-16,19H2,3H3/t17-,18?/m0/s1. The predicted molar refractivity (Wildman–Crippen MR) is 86.2 cm³/mol. The van der Waals surface area contributed by atoms with Gasteiger partial charge in [-0.3, -0.25) is 0 Å². The Balaban J connectivity index is 2.72. The zero-order valence-electron chi connectivity index (χ0n) is 12.9. The van der Waals surface area contributed by atoms with Crippen LogP contribution in [0, 0.1) is 5.41 Å². The molecule has 0 aliphatic heterocycles. The Bertz CT molecular complexity index is 255. The lowest BCUT2D eigenvalue weighted by Crippen LogP contribution is -2.40. The first-order valence-corrected chi connectivity index (χ1v) is 8.04. The van der Waals surface area contributed by atoms with Crippen LogP contribution >= 0.6 is 0 Å². The number of rotatable bonds is 4. The van der Waals surface area contributed by atoms with Gasteiger partial charge in [-0.1, -0.05) is 51.2 Å². The second-order valence-electron chi connectivity index (χ2n) is 6.93. The van der Waals surface area contributed by atoms with E-state index in [4.69, 9.17) is 5.73 Å². The third kappa shape index (κ3) is 5.95. The summed E-state index contributed by atoms with van der Waals surface area (Å²) < 4.78 is 0. The molecule has 2 atom stereocenters. The summed E-state index contributed by atoms with van der Waals surface area (Å²) >= 11 is 0. The van der Waals surface area contributed by atoms with Crippen molar-refractivity contribution in [2.45, 2.75) is 83.1 Å². The van der Waals surface area contributed by atoms with E-state index in [2.05, 4.69) is 26.2 Å². The number of nitrogens with two attached hydrogens (primary N) is 1. The summed E-state index contributed by atoms with van der Waals surface area (Å²) in [6, 6.07) is 0. The Labute approximate surface area is 120 Å². The van der Waals surface area contributed by atoms with Gasteiger partial charge in [0.1, 0.15) is 0 Å². The van der Waals surface area contributed by atoms with Crippen molar-refractivity contribution in [3.8, 4) is 0 Å². The molecule has 0 aromatic heterocycles. The zero-order valence-corrected chi connectivity index (χ0v) is 12.9. The van der Waals surface area contributed by atoms with E-state index < -0.39 is 0 Å². The molecule has 1 heteroatoms. The van der Waals surface area contributed by atoms with Crippen molar-refractivity contribution in [3.05, 3.63) is 25.3 Å². The predicted octanol–water partition coefficient (Wildman–Crippen LogP) is 5.37. The van der Waals surface area contributed by atoms with Gasteiger partial charge < -0.3 is 5.73 Å². The van der Waals surface area contributed by atoms with Crippen molar-refractivity contribution in [1.29, 1.82) is 0 Å². The van der Waals surface area contributed by atoms with Gasteiger partial charge in [0.15, 0.2) is 0 Å². The lowest BCUT2D eigenvalue weighted by molar-refractivity contribution is 0.223. The van der Waals surface area contributed by atoms with E-state index in [1.807, 2.05) is 6.08 Å². The second kappa shape index (κ2) is 7.89. The van der Waals surface area contributed by atoms with E-state index in [1.54, 1.807) is 0 Å². The topological polar surface area (TPSA) is 26.0 Å². The van der Waals surface area contributed by atoms with E-state index in [0.717, 1.165) is 25.7 Å². The maximum atomic E-state index is 6.63. The minimum Gasteiger partial charge on any atom is -0.325 e. The molecule has 0 heterocycles. The van der Waals surface area contributed by atoms with Crippen LogP contribution in [-0.4, -0.2) is 5.54 Å².